The minimum Gasteiger partial charge on any atom is -0.481 e. The number of aliphatic hydroxyl groups is 1. The number of piperidine rings is 1. The molecule has 4 heteroatoms. The highest BCUT2D eigenvalue weighted by molar-refractivity contribution is 5.70. The van der Waals surface area contributed by atoms with E-state index in [4.69, 9.17) is 10.2 Å². The van der Waals surface area contributed by atoms with Crippen molar-refractivity contribution in [1.29, 1.82) is 0 Å². The van der Waals surface area contributed by atoms with Crippen molar-refractivity contribution in [2.24, 2.45) is 5.92 Å². The normalized spacial score (nSPS) is 25.1. The van der Waals surface area contributed by atoms with Crippen LogP contribution in [-0.4, -0.2) is 46.8 Å². The molecule has 2 unspecified atom stereocenters. The van der Waals surface area contributed by atoms with Crippen LogP contribution in [-0.2, 0) is 4.79 Å². The Hall–Kier alpha value is -0.610. The topological polar surface area (TPSA) is 60.8 Å². The highest BCUT2D eigenvalue weighted by Crippen LogP contribution is 2.20. The summed E-state index contributed by atoms with van der Waals surface area (Å²) in [6.07, 6.45) is 3.53. The SMILES string of the molecule is CC(CCCO)N1CCCC(C(=O)O)C1. The standard InChI is InChI=1S/C11H21NO3/c1-9(4-3-7-13)12-6-2-5-10(8-12)11(14)15/h9-10,13H,2-8H2,1H3,(H,14,15). The van der Waals surface area contributed by atoms with Crippen molar-refractivity contribution in [1.82, 2.24) is 4.90 Å². The number of carbonyl (C=O) groups is 1. The summed E-state index contributed by atoms with van der Waals surface area (Å²) >= 11 is 0. The summed E-state index contributed by atoms with van der Waals surface area (Å²) in [6, 6.07) is 0.388. The van der Waals surface area contributed by atoms with Gasteiger partial charge in [0, 0.05) is 19.2 Å². The molecule has 0 aromatic heterocycles. The van der Waals surface area contributed by atoms with E-state index in [0.29, 0.717) is 12.6 Å². The van der Waals surface area contributed by atoms with Crippen LogP contribution in [0.25, 0.3) is 0 Å². The molecule has 1 saturated heterocycles. The van der Waals surface area contributed by atoms with E-state index >= 15 is 0 Å². The minimum absolute atomic E-state index is 0.199. The zero-order valence-corrected chi connectivity index (χ0v) is 9.35. The molecule has 2 N–H and O–H groups in total. The van der Waals surface area contributed by atoms with Gasteiger partial charge in [0.05, 0.1) is 5.92 Å². The molecule has 1 aliphatic rings. The summed E-state index contributed by atoms with van der Waals surface area (Å²) in [5.41, 5.74) is 0. The molecule has 0 amide bonds. The zero-order valence-electron chi connectivity index (χ0n) is 9.35. The molecule has 4 nitrogen and oxygen atoms in total. The monoisotopic (exact) mass is 215 g/mol. The number of nitrogens with zero attached hydrogens (tertiary/aromatic N) is 1. The quantitative estimate of drug-likeness (QED) is 0.716. The molecule has 0 aromatic rings. The maximum absolute atomic E-state index is 10.9. The first-order chi connectivity index (χ1) is 7.15. The number of aliphatic carboxylic acids is 1. The summed E-state index contributed by atoms with van der Waals surface area (Å²) in [6.45, 7) is 4.00. The second-order valence-electron chi connectivity index (χ2n) is 4.39. The van der Waals surface area contributed by atoms with Crippen molar-refractivity contribution in [3.63, 3.8) is 0 Å². The second kappa shape index (κ2) is 6.08. The number of carboxylic acid groups (broad SMARTS) is 1. The average Bonchev–Trinajstić information content (AvgIpc) is 2.26. The van der Waals surface area contributed by atoms with E-state index in [9.17, 15) is 4.79 Å². The Morgan fingerprint density at radius 3 is 2.93 bits per heavy atom. The van der Waals surface area contributed by atoms with E-state index in [-0.39, 0.29) is 12.5 Å². The molecule has 88 valence electrons. The Kier molecular flexibility index (Phi) is 5.05. The van der Waals surface area contributed by atoms with Gasteiger partial charge in [0.2, 0.25) is 0 Å². The highest BCUT2D eigenvalue weighted by atomic mass is 16.4. The van der Waals surface area contributed by atoms with Crippen LogP contribution in [0.2, 0.25) is 0 Å². The molecule has 2 atom stereocenters. The lowest BCUT2D eigenvalue weighted by molar-refractivity contribution is -0.143. The van der Waals surface area contributed by atoms with Crippen molar-refractivity contribution in [3.8, 4) is 0 Å². The summed E-state index contributed by atoms with van der Waals surface area (Å²) in [5, 5.41) is 17.7. The molecule has 15 heavy (non-hydrogen) atoms. The minimum atomic E-state index is -0.672. The smallest absolute Gasteiger partial charge is 0.307 e. The van der Waals surface area contributed by atoms with Gasteiger partial charge < -0.3 is 10.2 Å². The molecule has 0 aliphatic carbocycles. The van der Waals surface area contributed by atoms with Gasteiger partial charge in [-0.25, -0.2) is 0 Å². The van der Waals surface area contributed by atoms with Crippen LogP contribution >= 0.6 is 0 Å². The summed E-state index contributed by atoms with van der Waals surface area (Å²) in [7, 11) is 0. The lowest BCUT2D eigenvalue weighted by Crippen LogP contribution is -2.43. The first-order valence-electron chi connectivity index (χ1n) is 5.73. The largest absolute Gasteiger partial charge is 0.481 e. The first-order valence-corrected chi connectivity index (χ1v) is 5.73. The number of aliphatic hydroxyl groups excluding tert-OH is 1. The van der Waals surface area contributed by atoms with Gasteiger partial charge in [-0.15, -0.1) is 0 Å². The van der Waals surface area contributed by atoms with Crippen molar-refractivity contribution >= 4 is 5.97 Å². The molecule has 1 fully saturated rings. The average molecular weight is 215 g/mol. The van der Waals surface area contributed by atoms with Gasteiger partial charge in [-0.2, -0.15) is 0 Å². The van der Waals surface area contributed by atoms with Crippen LogP contribution in [0, 0.1) is 5.92 Å². The second-order valence-corrected chi connectivity index (χ2v) is 4.39. The van der Waals surface area contributed by atoms with Crippen molar-refractivity contribution in [2.75, 3.05) is 19.7 Å². The van der Waals surface area contributed by atoms with Crippen molar-refractivity contribution < 1.29 is 15.0 Å². The fraction of sp³-hybridized carbons (Fsp3) is 0.909. The van der Waals surface area contributed by atoms with E-state index in [1.54, 1.807) is 0 Å². The Balaban J connectivity index is 2.37. The van der Waals surface area contributed by atoms with Crippen LogP contribution in [0.4, 0.5) is 0 Å². The van der Waals surface area contributed by atoms with E-state index in [0.717, 1.165) is 32.2 Å². The van der Waals surface area contributed by atoms with E-state index in [1.807, 2.05) is 0 Å². The predicted octanol–water partition coefficient (Wildman–Crippen LogP) is 0.944. The molecule has 0 aromatic carbocycles. The van der Waals surface area contributed by atoms with Crippen LogP contribution in [0.15, 0.2) is 0 Å². The first kappa shape index (κ1) is 12.5. The third kappa shape index (κ3) is 3.80. The molecule has 0 spiro atoms. The fourth-order valence-electron chi connectivity index (χ4n) is 2.18. The molecular formula is C11H21NO3. The van der Waals surface area contributed by atoms with Gasteiger partial charge in [-0.3, -0.25) is 9.69 Å². The van der Waals surface area contributed by atoms with E-state index in [2.05, 4.69) is 11.8 Å². The number of hydrogen-bond donors (Lipinski definition) is 2. The van der Waals surface area contributed by atoms with Gasteiger partial charge >= 0.3 is 5.97 Å². The molecule has 1 rings (SSSR count). The Bertz CT molecular complexity index is 208. The van der Waals surface area contributed by atoms with E-state index < -0.39 is 5.97 Å². The van der Waals surface area contributed by atoms with Crippen LogP contribution < -0.4 is 0 Å². The Morgan fingerprint density at radius 2 is 2.33 bits per heavy atom. The highest BCUT2D eigenvalue weighted by Gasteiger charge is 2.27. The van der Waals surface area contributed by atoms with Crippen LogP contribution in [0.5, 0.6) is 0 Å². The molecule has 0 radical (unpaired) electrons. The number of rotatable bonds is 5. The summed E-state index contributed by atoms with van der Waals surface area (Å²) in [5.74, 6) is -0.871. The maximum Gasteiger partial charge on any atom is 0.307 e. The van der Waals surface area contributed by atoms with Gasteiger partial charge in [0.15, 0.2) is 0 Å². The third-order valence-electron chi connectivity index (χ3n) is 3.21. The van der Waals surface area contributed by atoms with Crippen molar-refractivity contribution in [2.45, 2.75) is 38.6 Å². The molecule has 1 heterocycles. The van der Waals surface area contributed by atoms with Crippen LogP contribution in [0.3, 0.4) is 0 Å². The van der Waals surface area contributed by atoms with Crippen LogP contribution in [0.1, 0.15) is 32.6 Å². The Labute approximate surface area is 90.9 Å². The molecule has 1 aliphatic heterocycles. The fourth-order valence-corrected chi connectivity index (χ4v) is 2.18. The maximum atomic E-state index is 10.9. The number of hydrogen-bond acceptors (Lipinski definition) is 3. The zero-order chi connectivity index (χ0) is 11.3. The number of carboxylic acids is 1. The molecule has 0 bridgehead atoms. The molecular weight excluding hydrogens is 194 g/mol. The van der Waals surface area contributed by atoms with Gasteiger partial charge in [-0.1, -0.05) is 0 Å². The lowest BCUT2D eigenvalue weighted by Gasteiger charge is -2.35. The molecule has 0 saturated carbocycles. The summed E-state index contributed by atoms with van der Waals surface area (Å²) < 4.78 is 0. The van der Waals surface area contributed by atoms with Gasteiger partial charge in [-0.05, 0) is 39.2 Å². The predicted molar refractivity (Wildman–Crippen MR) is 57.7 cm³/mol. The van der Waals surface area contributed by atoms with Gasteiger partial charge in [0.1, 0.15) is 0 Å². The third-order valence-corrected chi connectivity index (χ3v) is 3.21. The van der Waals surface area contributed by atoms with E-state index in [1.165, 1.54) is 0 Å². The van der Waals surface area contributed by atoms with Gasteiger partial charge in [0.25, 0.3) is 0 Å². The Morgan fingerprint density at radius 1 is 1.60 bits per heavy atom. The lowest BCUT2D eigenvalue weighted by atomic mass is 9.96. The van der Waals surface area contributed by atoms with Crippen molar-refractivity contribution in [3.05, 3.63) is 0 Å². The summed E-state index contributed by atoms with van der Waals surface area (Å²) in [4.78, 5) is 13.1. The number of likely N-dealkylation sites (tertiary alicyclic amines) is 1.